The maximum Gasteiger partial charge on any atom is 0.328 e. The highest BCUT2D eigenvalue weighted by Crippen LogP contribution is 2.26. The van der Waals surface area contributed by atoms with Gasteiger partial charge in [-0.15, -0.1) is 0 Å². The van der Waals surface area contributed by atoms with Crippen LogP contribution in [0.15, 0.2) is 28.7 Å². The molecule has 0 aliphatic heterocycles. The van der Waals surface area contributed by atoms with Gasteiger partial charge in [-0.25, -0.2) is 4.79 Å². The molecule has 0 fully saturated rings. The average molecular weight is 326 g/mol. The second-order valence-corrected chi connectivity index (χ2v) is 5.89. The zero-order valence-corrected chi connectivity index (χ0v) is 13.1. The monoisotopic (exact) mass is 325 g/mol. The summed E-state index contributed by atoms with van der Waals surface area (Å²) in [6, 6.07) is 5.86. The van der Waals surface area contributed by atoms with Gasteiger partial charge in [-0.3, -0.25) is 0 Å². The van der Waals surface area contributed by atoms with E-state index < -0.39 is 5.97 Å². The van der Waals surface area contributed by atoms with Crippen molar-refractivity contribution in [2.24, 2.45) is 5.92 Å². The quantitative estimate of drug-likeness (QED) is 0.803. The highest BCUT2D eigenvalue weighted by atomic mass is 79.9. The molecule has 0 aliphatic rings. The van der Waals surface area contributed by atoms with E-state index >= 15 is 0 Å². The molecule has 0 spiro atoms. The van der Waals surface area contributed by atoms with Crippen molar-refractivity contribution < 1.29 is 9.90 Å². The lowest BCUT2D eigenvalue weighted by Gasteiger charge is -2.22. The Morgan fingerprint density at radius 2 is 2.16 bits per heavy atom. The first-order valence-electron chi connectivity index (χ1n) is 6.32. The van der Waals surface area contributed by atoms with Gasteiger partial charge in [0.2, 0.25) is 0 Å². The van der Waals surface area contributed by atoms with Crippen molar-refractivity contribution in [3.05, 3.63) is 34.3 Å². The third-order valence-corrected chi connectivity index (χ3v) is 3.34. The standard InChI is InChI=1S/C15H20BrNO2/c1-11(2)8-9-17(3)14-10-13(16)6-4-12(14)5-7-15(18)19/h4-7,10-11H,8-9H2,1-3H3,(H,18,19). The molecule has 0 saturated carbocycles. The van der Waals surface area contributed by atoms with E-state index in [4.69, 9.17) is 5.11 Å². The number of anilines is 1. The van der Waals surface area contributed by atoms with Crippen LogP contribution < -0.4 is 4.90 Å². The lowest BCUT2D eigenvalue weighted by atomic mass is 10.1. The molecule has 0 heterocycles. The van der Waals surface area contributed by atoms with Crippen LogP contribution in [0.3, 0.4) is 0 Å². The highest BCUT2D eigenvalue weighted by molar-refractivity contribution is 9.10. The minimum Gasteiger partial charge on any atom is -0.478 e. The predicted molar refractivity (Wildman–Crippen MR) is 83.5 cm³/mol. The zero-order chi connectivity index (χ0) is 14.4. The molecule has 0 aliphatic carbocycles. The zero-order valence-electron chi connectivity index (χ0n) is 11.6. The van der Waals surface area contributed by atoms with Crippen molar-refractivity contribution in [3.8, 4) is 0 Å². The number of aliphatic carboxylic acids is 1. The van der Waals surface area contributed by atoms with Gasteiger partial charge < -0.3 is 10.0 Å². The van der Waals surface area contributed by atoms with Crippen LogP contribution in [0.5, 0.6) is 0 Å². The molecular weight excluding hydrogens is 306 g/mol. The molecule has 1 rings (SSSR count). The fraction of sp³-hybridized carbons (Fsp3) is 0.400. The maximum atomic E-state index is 10.6. The van der Waals surface area contributed by atoms with E-state index in [1.165, 1.54) is 6.08 Å². The largest absolute Gasteiger partial charge is 0.478 e. The number of carbonyl (C=O) groups is 1. The smallest absolute Gasteiger partial charge is 0.328 e. The van der Waals surface area contributed by atoms with Gasteiger partial charge >= 0.3 is 5.97 Å². The second kappa shape index (κ2) is 7.34. The van der Waals surface area contributed by atoms with Gasteiger partial charge in [0.05, 0.1) is 0 Å². The fourth-order valence-corrected chi connectivity index (χ4v) is 2.07. The molecule has 4 heteroatoms. The minimum atomic E-state index is -0.932. The van der Waals surface area contributed by atoms with E-state index in [9.17, 15) is 4.79 Å². The van der Waals surface area contributed by atoms with Gasteiger partial charge in [0.15, 0.2) is 0 Å². The Morgan fingerprint density at radius 3 is 2.74 bits per heavy atom. The van der Waals surface area contributed by atoms with Gasteiger partial charge in [0.25, 0.3) is 0 Å². The molecule has 0 atom stereocenters. The number of nitrogens with zero attached hydrogens (tertiary/aromatic N) is 1. The first kappa shape index (κ1) is 15.8. The molecule has 0 aromatic heterocycles. The van der Waals surface area contributed by atoms with Crippen molar-refractivity contribution in [2.75, 3.05) is 18.5 Å². The Hall–Kier alpha value is -1.29. The molecule has 0 unspecified atom stereocenters. The van der Waals surface area contributed by atoms with Crippen molar-refractivity contribution >= 4 is 33.7 Å². The number of hydrogen-bond acceptors (Lipinski definition) is 2. The van der Waals surface area contributed by atoms with E-state index in [1.807, 2.05) is 25.2 Å². The van der Waals surface area contributed by atoms with Crippen LogP contribution in [0.1, 0.15) is 25.8 Å². The SMILES string of the molecule is CC(C)CCN(C)c1cc(Br)ccc1C=CC(=O)O. The van der Waals surface area contributed by atoms with E-state index in [2.05, 4.69) is 34.7 Å². The molecule has 104 valence electrons. The first-order chi connectivity index (χ1) is 8.90. The molecule has 0 saturated heterocycles. The third-order valence-electron chi connectivity index (χ3n) is 2.85. The summed E-state index contributed by atoms with van der Waals surface area (Å²) in [6.45, 7) is 5.34. The van der Waals surface area contributed by atoms with Gasteiger partial charge in [0.1, 0.15) is 0 Å². The minimum absolute atomic E-state index is 0.646. The van der Waals surface area contributed by atoms with E-state index in [-0.39, 0.29) is 0 Å². The van der Waals surface area contributed by atoms with Crippen LogP contribution in [0.25, 0.3) is 6.08 Å². The number of carboxylic acid groups (broad SMARTS) is 1. The number of benzene rings is 1. The summed E-state index contributed by atoms with van der Waals surface area (Å²) in [6.07, 6.45) is 3.91. The van der Waals surface area contributed by atoms with Crippen molar-refractivity contribution in [3.63, 3.8) is 0 Å². The van der Waals surface area contributed by atoms with Crippen molar-refractivity contribution in [2.45, 2.75) is 20.3 Å². The molecule has 1 N–H and O–H groups in total. The predicted octanol–water partition coefficient (Wildman–Crippen LogP) is 4.03. The lowest BCUT2D eigenvalue weighted by molar-refractivity contribution is -0.131. The molecule has 0 radical (unpaired) electrons. The summed E-state index contributed by atoms with van der Waals surface area (Å²) in [5.41, 5.74) is 1.95. The topological polar surface area (TPSA) is 40.5 Å². The Balaban J connectivity index is 2.96. The van der Waals surface area contributed by atoms with Crippen LogP contribution in [-0.2, 0) is 4.79 Å². The molecule has 1 aromatic rings. The van der Waals surface area contributed by atoms with Crippen LogP contribution in [0.2, 0.25) is 0 Å². The maximum absolute atomic E-state index is 10.6. The summed E-state index contributed by atoms with van der Waals surface area (Å²) in [5.74, 6) is -0.286. The molecule has 0 amide bonds. The van der Waals surface area contributed by atoms with Gasteiger partial charge in [-0.2, -0.15) is 0 Å². The van der Waals surface area contributed by atoms with E-state index in [1.54, 1.807) is 6.08 Å². The highest BCUT2D eigenvalue weighted by Gasteiger charge is 2.07. The summed E-state index contributed by atoms with van der Waals surface area (Å²) in [4.78, 5) is 12.8. The number of halogens is 1. The summed E-state index contributed by atoms with van der Waals surface area (Å²) in [5, 5.41) is 8.73. The lowest BCUT2D eigenvalue weighted by Crippen LogP contribution is -2.20. The fourth-order valence-electron chi connectivity index (χ4n) is 1.72. The van der Waals surface area contributed by atoms with Gasteiger partial charge in [-0.05, 0) is 36.1 Å². The summed E-state index contributed by atoms with van der Waals surface area (Å²) >= 11 is 3.46. The summed E-state index contributed by atoms with van der Waals surface area (Å²) in [7, 11) is 2.03. The Bertz CT molecular complexity index is 469. The van der Waals surface area contributed by atoms with Crippen LogP contribution in [0.4, 0.5) is 5.69 Å². The number of rotatable bonds is 6. The van der Waals surface area contributed by atoms with Crippen molar-refractivity contribution in [1.29, 1.82) is 0 Å². The Labute approximate surface area is 123 Å². The molecule has 1 aromatic carbocycles. The number of carboxylic acids is 1. The van der Waals surface area contributed by atoms with E-state index in [0.717, 1.165) is 28.7 Å². The molecular formula is C15H20BrNO2. The third kappa shape index (κ3) is 5.47. The Morgan fingerprint density at radius 1 is 1.47 bits per heavy atom. The molecule has 0 bridgehead atoms. The first-order valence-corrected chi connectivity index (χ1v) is 7.11. The van der Waals surface area contributed by atoms with Crippen LogP contribution >= 0.6 is 15.9 Å². The van der Waals surface area contributed by atoms with Gasteiger partial charge in [0, 0.05) is 29.8 Å². The van der Waals surface area contributed by atoms with Crippen LogP contribution in [0, 0.1) is 5.92 Å². The number of hydrogen-bond donors (Lipinski definition) is 1. The average Bonchev–Trinajstić information content (AvgIpc) is 2.34. The molecule has 3 nitrogen and oxygen atoms in total. The molecule has 19 heavy (non-hydrogen) atoms. The Kier molecular flexibility index (Phi) is 6.09. The van der Waals surface area contributed by atoms with Gasteiger partial charge in [-0.1, -0.05) is 35.8 Å². The summed E-state index contributed by atoms with van der Waals surface area (Å²) < 4.78 is 0.992. The normalized spacial score (nSPS) is 11.2. The van der Waals surface area contributed by atoms with E-state index in [0.29, 0.717) is 5.92 Å². The van der Waals surface area contributed by atoms with Crippen LogP contribution in [-0.4, -0.2) is 24.7 Å². The van der Waals surface area contributed by atoms with Crippen molar-refractivity contribution in [1.82, 2.24) is 0 Å². The second-order valence-electron chi connectivity index (χ2n) is 4.98.